The molecule has 0 amide bonds. The number of aryl methyl sites for hydroxylation is 1. The highest BCUT2D eigenvalue weighted by atomic mass is 19.3. The molecule has 1 saturated heterocycles. The number of alkyl halides is 2. The smallest absolute Gasteiger partial charge is 0.251 e. The van der Waals surface area contributed by atoms with Crippen LogP contribution in [0.25, 0.3) is 11.1 Å². The Labute approximate surface area is 124 Å². The maximum Gasteiger partial charge on any atom is 0.251 e. The Balaban J connectivity index is 1.88. The topological polar surface area (TPSA) is 3.24 Å². The summed E-state index contributed by atoms with van der Waals surface area (Å²) >= 11 is 0. The molecule has 3 rings (SSSR count). The van der Waals surface area contributed by atoms with Gasteiger partial charge in [-0.3, -0.25) is 0 Å². The van der Waals surface area contributed by atoms with Gasteiger partial charge < -0.3 is 4.90 Å². The van der Waals surface area contributed by atoms with Crippen molar-refractivity contribution in [1.82, 2.24) is 0 Å². The van der Waals surface area contributed by atoms with Gasteiger partial charge in [0.2, 0.25) is 0 Å². The number of anilines is 1. The number of piperidine rings is 1. The fourth-order valence-corrected chi connectivity index (χ4v) is 2.83. The lowest BCUT2D eigenvalue weighted by atomic mass is 9.98. The quantitative estimate of drug-likeness (QED) is 0.759. The Morgan fingerprint density at radius 1 is 0.952 bits per heavy atom. The van der Waals surface area contributed by atoms with Crippen molar-refractivity contribution in [2.75, 3.05) is 18.0 Å². The first-order chi connectivity index (χ1) is 10.1. The average Bonchev–Trinajstić information content (AvgIpc) is 2.49. The van der Waals surface area contributed by atoms with Gasteiger partial charge in [-0.05, 0) is 35.7 Å². The molecule has 1 aliphatic heterocycles. The standard InChI is InChI=1S/C18H19F2N/c1-14-7-8-16(21-11-9-18(19,20)10-12-21)13-17(14)15-5-3-2-4-6-15/h2-8,13H,9-12H2,1H3. The van der Waals surface area contributed by atoms with E-state index in [-0.39, 0.29) is 12.8 Å². The highest BCUT2D eigenvalue weighted by Crippen LogP contribution is 2.33. The molecule has 0 atom stereocenters. The minimum Gasteiger partial charge on any atom is -0.371 e. The van der Waals surface area contributed by atoms with E-state index in [0.717, 1.165) is 5.69 Å². The van der Waals surface area contributed by atoms with E-state index in [4.69, 9.17) is 0 Å². The van der Waals surface area contributed by atoms with Crippen LogP contribution in [0, 0.1) is 6.92 Å². The third kappa shape index (κ3) is 3.07. The zero-order chi connectivity index (χ0) is 14.9. The van der Waals surface area contributed by atoms with Crippen LogP contribution in [0.15, 0.2) is 48.5 Å². The Kier molecular flexibility index (Phi) is 3.66. The summed E-state index contributed by atoms with van der Waals surface area (Å²) in [4.78, 5) is 2.06. The van der Waals surface area contributed by atoms with E-state index < -0.39 is 5.92 Å². The van der Waals surface area contributed by atoms with E-state index in [1.807, 2.05) is 24.3 Å². The van der Waals surface area contributed by atoms with Crippen molar-refractivity contribution in [2.24, 2.45) is 0 Å². The number of benzene rings is 2. The van der Waals surface area contributed by atoms with Crippen LogP contribution in [0.2, 0.25) is 0 Å². The Morgan fingerprint density at radius 2 is 1.62 bits per heavy atom. The fraction of sp³-hybridized carbons (Fsp3) is 0.333. The Hall–Kier alpha value is -1.90. The summed E-state index contributed by atoms with van der Waals surface area (Å²) in [7, 11) is 0. The van der Waals surface area contributed by atoms with Gasteiger partial charge in [-0.1, -0.05) is 36.4 Å². The van der Waals surface area contributed by atoms with Crippen LogP contribution in [0.5, 0.6) is 0 Å². The molecule has 1 nitrogen and oxygen atoms in total. The van der Waals surface area contributed by atoms with Gasteiger partial charge in [-0.15, -0.1) is 0 Å². The second-order valence-electron chi connectivity index (χ2n) is 5.71. The molecule has 3 heteroatoms. The van der Waals surface area contributed by atoms with Gasteiger partial charge in [0.1, 0.15) is 0 Å². The monoisotopic (exact) mass is 287 g/mol. The predicted octanol–water partition coefficient (Wildman–Crippen LogP) is 4.90. The van der Waals surface area contributed by atoms with Crippen LogP contribution < -0.4 is 4.90 Å². The van der Waals surface area contributed by atoms with Crippen molar-refractivity contribution < 1.29 is 8.78 Å². The van der Waals surface area contributed by atoms with Crippen LogP contribution in [0.1, 0.15) is 18.4 Å². The van der Waals surface area contributed by atoms with Crippen molar-refractivity contribution in [3.8, 4) is 11.1 Å². The molecule has 0 saturated carbocycles. The molecule has 1 heterocycles. The van der Waals surface area contributed by atoms with Gasteiger partial charge in [-0.25, -0.2) is 8.78 Å². The van der Waals surface area contributed by atoms with Gasteiger partial charge in [0, 0.05) is 31.6 Å². The third-order valence-corrected chi connectivity index (χ3v) is 4.17. The molecule has 0 spiro atoms. The first-order valence-corrected chi connectivity index (χ1v) is 7.34. The van der Waals surface area contributed by atoms with Crippen molar-refractivity contribution in [1.29, 1.82) is 0 Å². The van der Waals surface area contributed by atoms with Crippen LogP contribution in [-0.4, -0.2) is 19.0 Å². The van der Waals surface area contributed by atoms with Gasteiger partial charge >= 0.3 is 0 Å². The lowest BCUT2D eigenvalue weighted by Crippen LogP contribution is -2.39. The molecule has 0 bridgehead atoms. The summed E-state index contributed by atoms with van der Waals surface area (Å²) in [6, 6.07) is 16.4. The summed E-state index contributed by atoms with van der Waals surface area (Å²) in [5.41, 5.74) is 4.58. The largest absolute Gasteiger partial charge is 0.371 e. The molecule has 1 fully saturated rings. The summed E-state index contributed by atoms with van der Waals surface area (Å²) in [6.07, 6.45) is -0.108. The van der Waals surface area contributed by atoms with Crippen LogP contribution in [0.3, 0.4) is 0 Å². The van der Waals surface area contributed by atoms with Gasteiger partial charge in [0.25, 0.3) is 5.92 Å². The molecular formula is C18H19F2N. The second-order valence-corrected chi connectivity index (χ2v) is 5.71. The van der Waals surface area contributed by atoms with Gasteiger partial charge in [0.15, 0.2) is 0 Å². The minimum absolute atomic E-state index is 0.0540. The highest BCUT2D eigenvalue weighted by molar-refractivity contribution is 5.71. The SMILES string of the molecule is Cc1ccc(N2CCC(F)(F)CC2)cc1-c1ccccc1. The molecule has 1 aliphatic rings. The lowest BCUT2D eigenvalue weighted by molar-refractivity contribution is -0.0220. The van der Waals surface area contributed by atoms with E-state index in [9.17, 15) is 8.78 Å². The molecule has 21 heavy (non-hydrogen) atoms. The Morgan fingerprint density at radius 3 is 2.29 bits per heavy atom. The molecule has 0 aromatic heterocycles. The second kappa shape index (κ2) is 5.47. The highest BCUT2D eigenvalue weighted by Gasteiger charge is 2.34. The van der Waals surface area contributed by atoms with E-state index in [1.54, 1.807) is 0 Å². The summed E-state index contributed by atoms with van der Waals surface area (Å²) in [5, 5.41) is 0. The molecular weight excluding hydrogens is 268 g/mol. The molecule has 0 N–H and O–H groups in total. The number of nitrogens with zero attached hydrogens (tertiary/aromatic N) is 1. The summed E-state index contributed by atoms with van der Waals surface area (Å²) in [6.45, 7) is 2.92. The minimum atomic E-state index is -2.50. The predicted molar refractivity (Wildman–Crippen MR) is 83.0 cm³/mol. The van der Waals surface area contributed by atoms with Gasteiger partial charge in [-0.2, -0.15) is 0 Å². The van der Waals surface area contributed by atoms with E-state index >= 15 is 0 Å². The molecule has 0 radical (unpaired) electrons. The maximum absolute atomic E-state index is 13.3. The molecule has 0 aliphatic carbocycles. The first kappa shape index (κ1) is 14.1. The zero-order valence-electron chi connectivity index (χ0n) is 12.2. The van der Waals surface area contributed by atoms with Crippen molar-refractivity contribution in [2.45, 2.75) is 25.7 Å². The summed E-state index contributed by atoms with van der Waals surface area (Å²) < 4.78 is 26.6. The number of hydrogen-bond donors (Lipinski definition) is 0. The molecule has 2 aromatic carbocycles. The molecule has 2 aromatic rings. The van der Waals surface area contributed by atoms with Gasteiger partial charge in [0.05, 0.1) is 0 Å². The lowest BCUT2D eigenvalue weighted by Gasteiger charge is -2.33. The van der Waals surface area contributed by atoms with Crippen molar-refractivity contribution >= 4 is 5.69 Å². The fourth-order valence-electron chi connectivity index (χ4n) is 2.83. The molecule has 110 valence electrons. The number of rotatable bonds is 2. The maximum atomic E-state index is 13.3. The van der Waals surface area contributed by atoms with Crippen LogP contribution in [-0.2, 0) is 0 Å². The summed E-state index contributed by atoms with van der Waals surface area (Å²) in [5.74, 6) is -2.50. The molecule has 0 unspecified atom stereocenters. The first-order valence-electron chi connectivity index (χ1n) is 7.34. The van der Waals surface area contributed by atoms with Crippen LogP contribution in [0.4, 0.5) is 14.5 Å². The van der Waals surface area contributed by atoms with Crippen molar-refractivity contribution in [3.05, 3.63) is 54.1 Å². The Bertz CT molecular complexity index is 612. The third-order valence-electron chi connectivity index (χ3n) is 4.17. The number of hydrogen-bond acceptors (Lipinski definition) is 1. The number of halogens is 2. The van der Waals surface area contributed by atoms with E-state index in [0.29, 0.717) is 13.1 Å². The van der Waals surface area contributed by atoms with E-state index in [2.05, 4.69) is 36.1 Å². The van der Waals surface area contributed by atoms with Crippen molar-refractivity contribution in [3.63, 3.8) is 0 Å². The normalized spacial score (nSPS) is 17.8. The zero-order valence-corrected chi connectivity index (χ0v) is 12.2. The van der Waals surface area contributed by atoms with E-state index in [1.165, 1.54) is 16.7 Å². The average molecular weight is 287 g/mol. The van der Waals surface area contributed by atoms with Crippen LogP contribution >= 0.6 is 0 Å².